The Bertz CT molecular complexity index is 440. The second-order valence-electron chi connectivity index (χ2n) is 4.81. The lowest BCUT2D eigenvalue weighted by Gasteiger charge is -2.14. The van der Waals surface area contributed by atoms with Crippen molar-refractivity contribution in [2.75, 3.05) is 12.8 Å². The fraction of sp³-hybridized carbons (Fsp3) is 0.615. The van der Waals surface area contributed by atoms with Crippen molar-refractivity contribution in [2.24, 2.45) is 0 Å². The fourth-order valence-electron chi connectivity index (χ4n) is 2.02. The summed E-state index contributed by atoms with van der Waals surface area (Å²) in [5, 5.41) is 3.06. The standard InChI is InChI=1S/C13H19BrN2OS/c1-3-6-16-8-10(14)7-11(16)12(17)15-9-13(18-2)4-5-13/h7-8H,3-6,9H2,1-2H3,(H,15,17). The summed E-state index contributed by atoms with van der Waals surface area (Å²) in [5.74, 6) is 0.0366. The summed E-state index contributed by atoms with van der Waals surface area (Å²) in [7, 11) is 0. The highest BCUT2D eigenvalue weighted by molar-refractivity contribution is 9.10. The quantitative estimate of drug-likeness (QED) is 0.868. The minimum absolute atomic E-state index is 0.0366. The van der Waals surface area contributed by atoms with Crippen LogP contribution in [0.4, 0.5) is 0 Å². The summed E-state index contributed by atoms with van der Waals surface area (Å²) in [6.45, 7) is 3.77. The Morgan fingerprint density at radius 1 is 1.61 bits per heavy atom. The Labute approximate surface area is 121 Å². The zero-order chi connectivity index (χ0) is 13.2. The Morgan fingerprint density at radius 2 is 2.33 bits per heavy atom. The molecule has 1 aliphatic carbocycles. The number of aryl methyl sites for hydroxylation is 1. The largest absolute Gasteiger partial charge is 0.349 e. The molecule has 0 bridgehead atoms. The summed E-state index contributed by atoms with van der Waals surface area (Å²) in [6, 6.07) is 1.89. The van der Waals surface area contributed by atoms with Crippen molar-refractivity contribution in [2.45, 2.75) is 37.5 Å². The third-order valence-corrected chi connectivity index (χ3v) is 5.22. The molecule has 0 aromatic carbocycles. The normalized spacial score (nSPS) is 16.6. The van der Waals surface area contributed by atoms with Crippen LogP contribution in [-0.4, -0.2) is 28.0 Å². The zero-order valence-electron chi connectivity index (χ0n) is 10.8. The number of thioether (sulfide) groups is 1. The van der Waals surface area contributed by atoms with Gasteiger partial charge in [-0.2, -0.15) is 11.8 Å². The molecule has 100 valence electrons. The van der Waals surface area contributed by atoms with E-state index in [4.69, 9.17) is 0 Å². The number of carbonyl (C=O) groups is 1. The number of rotatable bonds is 6. The van der Waals surface area contributed by atoms with E-state index in [1.807, 2.05) is 28.6 Å². The number of nitrogens with one attached hydrogen (secondary N) is 1. The summed E-state index contributed by atoms with van der Waals surface area (Å²) >= 11 is 5.30. The predicted molar refractivity (Wildman–Crippen MR) is 80.2 cm³/mol. The Kier molecular flexibility index (Phi) is 4.43. The van der Waals surface area contributed by atoms with E-state index in [0.717, 1.165) is 29.7 Å². The molecule has 0 spiro atoms. The van der Waals surface area contributed by atoms with E-state index in [-0.39, 0.29) is 5.91 Å². The van der Waals surface area contributed by atoms with Crippen molar-refractivity contribution in [3.8, 4) is 0 Å². The summed E-state index contributed by atoms with van der Waals surface area (Å²) < 4.78 is 3.29. The number of aromatic nitrogens is 1. The number of halogens is 1. The molecule has 0 aliphatic heterocycles. The molecule has 0 atom stereocenters. The lowest BCUT2D eigenvalue weighted by Crippen LogP contribution is -2.32. The smallest absolute Gasteiger partial charge is 0.267 e. The molecule has 1 fully saturated rings. The second kappa shape index (κ2) is 5.70. The van der Waals surface area contributed by atoms with Gasteiger partial charge in [0.2, 0.25) is 0 Å². The van der Waals surface area contributed by atoms with Crippen molar-refractivity contribution in [3.63, 3.8) is 0 Å². The van der Waals surface area contributed by atoms with Gasteiger partial charge in [0.05, 0.1) is 0 Å². The van der Waals surface area contributed by atoms with Crippen LogP contribution >= 0.6 is 27.7 Å². The van der Waals surface area contributed by atoms with E-state index < -0.39 is 0 Å². The van der Waals surface area contributed by atoms with E-state index in [1.165, 1.54) is 12.8 Å². The maximum absolute atomic E-state index is 12.2. The van der Waals surface area contributed by atoms with Gasteiger partial charge >= 0.3 is 0 Å². The van der Waals surface area contributed by atoms with Crippen LogP contribution in [0.2, 0.25) is 0 Å². The van der Waals surface area contributed by atoms with Gasteiger partial charge in [0.1, 0.15) is 5.69 Å². The first-order valence-corrected chi connectivity index (χ1v) is 8.31. The number of nitrogens with zero attached hydrogens (tertiary/aromatic N) is 1. The summed E-state index contributed by atoms with van der Waals surface area (Å²) in [5.41, 5.74) is 0.751. The van der Waals surface area contributed by atoms with Crippen LogP contribution in [0.1, 0.15) is 36.7 Å². The average molecular weight is 331 g/mol. The molecule has 3 nitrogen and oxygen atoms in total. The van der Waals surface area contributed by atoms with Crippen LogP contribution in [-0.2, 0) is 6.54 Å². The van der Waals surface area contributed by atoms with Gasteiger partial charge in [-0.1, -0.05) is 6.92 Å². The average Bonchev–Trinajstić information content (AvgIpc) is 3.05. The third kappa shape index (κ3) is 3.12. The topological polar surface area (TPSA) is 34.0 Å². The predicted octanol–water partition coefficient (Wildman–Crippen LogP) is 3.29. The third-order valence-electron chi connectivity index (χ3n) is 3.37. The maximum atomic E-state index is 12.2. The highest BCUT2D eigenvalue weighted by Crippen LogP contribution is 2.46. The van der Waals surface area contributed by atoms with Crippen LogP contribution in [0.15, 0.2) is 16.7 Å². The minimum Gasteiger partial charge on any atom is -0.349 e. The molecule has 1 aliphatic rings. The van der Waals surface area contributed by atoms with E-state index >= 15 is 0 Å². The highest BCUT2D eigenvalue weighted by Gasteiger charge is 2.42. The Balaban J connectivity index is 1.99. The lowest BCUT2D eigenvalue weighted by atomic mass is 10.3. The van der Waals surface area contributed by atoms with Gasteiger partial charge in [-0.15, -0.1) is 0 Å². The first-order valence-electron chi connectivity index (χ1n) is 6.29. The van der Waals surface area contributed by atoms with Crippen LogP contribution in [0.25, 0.3) is 0 Å². The van der Waals surface area contributed by atoms with Gasteiger partial charge < -0.3 is 9.88 Å². The molecule has 5 heteroatoms. The summed E-state index contributed by atoms with van der Waals surface area (Å²) in [6.07, 6.45) is 7.55. The molecule has 1 aromatic heterocycles. The van der Waals surface area contributed by atoms with Crippen LogP contribution in [0.3, 0.4) is 0 Å². The van der Waals surface area contributed by atoms with Gasteiger partial charge in [0.25, 0.3) is 5.91 Å². The molecule has 1 aromatic rings. The molecule has 18 heavy (non-hydrogen) atoms. The monoisotopic (exact) mass is 330 g/mol. The first kappa shape index (κ1) is 14.0. The minimum atomic E-state index is 0.0366. The molecule has 0 unspecified atom stereocenters. The molecule has 1 heterocycles. The molecule has 1 N–H and O–H groups in total. The van der Waals surface area contributed by atoms with E-state index in [0.29, 0.717) is 4.75 Å². The molecule has 0 radical (unpaired) electrons. The van der Waals surface area contributed by atoms with Gasteiger partial charge in [0, 0.05) is 28.5 Å². The molecule has 0 saturated heterocycles. The molecular weight excluding hydrogens is 312 g/mol. The van der Waals surface area contributed by atoms with Crippen molar-refractivity contribution < 1.29 is 4.79 Å². The Hall–Kier alpha value is -0.420. The van der Waals surface area contributed by atoms with Crippen LogP contribution in [0, 0.1) is 0 Å². The molecule has 1 amide bonds. The molecule has 1 saturated carbocycles. The van der Waals surface area contributed by atoms with E-state index in [2.05, 4.69) is 34.4 Å². The van der Waals surface area contributed by atoms with Gasteiger partial charge in [-0.05, 0) is 47.5 Å². The van der Waals surface area contributed by atoms with Crippen molar-refractivity contribution >= 4 is 33.6 Å². The van der Waals surface area contributed by atoms with Crippen molar-refractivity contribution in [1.82, 2.24) is 9.88 Å². The van der Waals surface area contributed by atoms with E-state index in [1.54, 1.807) is 0 Å². The van der Waals surface area contributed by atoms with Crippen molar-refractivity contribution in [1.29, 1.82) is 0 Å². The van der Waals surface area contributed by atoms with Crippen LogP contribution < -0.4 is 5.32 Å². The number of hydrogen-bond acceptors (Lipinski definition) is 2. The number of amides is 1. The second-order valence-corrected chi connectivity index (χ2v) is 7.00. The van der Waals surface area contributed by atoms with Crippen LogP contribution in [0.5, 0.6) is 0 Å². The Morgan fingerprint density at radius 3 is 2.89 bits per heavy atom. The summed E-state index contributed by atoms with van der Waals surface area (Å²) in [4.78, 5) is 12.2. The maximum Gasteiger partial charge on any atom is 0.267 e. The number of carbonyl (C=O) groups excluding carboxylic acids is 1. The van der Waals surface area contributed by atoms with Gasteiger partial charge in [-0.3, -0.25) is 4.79 Å². The van der Waals surface area contributed by atoms with Crippen molar-refractivity contribution in [3.05, 3.63) is 22.4 Å². The SMILES string of the molecule is CCCn1cc(Br)cc1C(=O)NCC1(SC)CC1. The lowest BCUT2D eigenvalue weighted by molar-refractivity contribution is 0.0943. The molecule has 2 rings (SSSR count). The fourth-order valence-corrected chi connectivity index (χ4v) is 3.21. The van der Waals surface area contributed by atoms with Gasteiger partial charge in [-0.25, -0.2) is 0 Å². The zero-order valence-corrected chi connectivity index (χ0v) is 13.2. The number of hydrogen-bond donors (Lipinski definition) is 1. The first-order chi connectivity index (χ1) is 8.60. The van der Waals surface area contributed by atoms with E-state index in [9.17, 15) is 4.79 Å². The molecular formula is C13H19BrN2OS. The van der Waals surface area contributed by atoms with Gasteiger partial charge in [0.15, 0.2) is 0 Å². The highest BCUT2D eigenvalue weighted by atomic mass is 79.9.